The second-order valence-electron chi connectivity index (χ2n) is 6.39. The van der Waals surface area contributed by atoms with Crippen LogP contribution in [0.2, 0.25) is 0 Å². The lowest BCUT2D eigenvalue weighted by Gasteiger charge is -2.52. The number of hydrogen-bond acceptors (Lipinski definition) is 3. The molecule has 0 saturated carbocycles. The van der Waals surface area contributed by atoms with Gasteiger partial charge < -0.3 is 10.6 Å². The van der Waals surface area contributed by atoms with Gasteiger partial charge in [-0.05, 0) is 45.3 Å². The first kappa shape index (κ1) is 13.3. The highest BCUT2D eigenvalue weighted by Crippen LogP contribution is 2.39. The summed E-state index contributed by atoms with van der Waals surface area (Å²) >= 11 is 0. The van der Waals surface area contributed by atoms with Crippen LogP contribution in [0, 0.1) is 11.3 Å². The minimum atomic E-state index is 0.649. The van der Waals surface area contributed by atoms with Crippen LogP contribution in [-0.2, 0) is 0 Å². The Bertz CT molecular complexity index is 226. The molecule has 3 heteroatoms. The first-order valence-corrected chi connectivity index (χ1v) is 7.26. The van der Waals surface area contributed by atoms with Crippen LogP contribution in [-0.4, -0.2) is 50.7 Å². The van der Waals surface area contributed by atoms with Crippen LogP contribution in [0.3, 0.4) is 0 Å². The predicted molar refractivity (Wildman–Crippen MR) is 73.3 cm³/mol. The zero-order valence-electron chi connectivity index (χ0n) is 11.8. The van der Waals surface area contributed by atoms with Gasteiger partial charge in [0, 0.05) is 31.1 Å². The highest BCUT2D eigenvalue weighted by atomic mass is 15.3. The summed E-state index contributed by atoms with van der Waals surface area (Å²) in [7, 11) is 2.05. The quantitative estimate of drug-likeness (QED) is 0.684. The second-order valence-corrected chi connectivity index (χ2v) is 6.39. The minimum Gasteiger partial charge on any atom is -0.320 e. The molecule has 1 spiro atoms. The van der Waals surface area contributed by atoms with Crippen molar-refractivity contribution in [3.05, 3.63) is 0 Å². The smallest absolute Gasteiger partial charge is 0.0119 e. The normalized spacial score (nSPS) is 25.4. The van der Waals surface area contributed by atoms with Gasteiger partial charge in [0.15, 0.2) is 0 Å². The Labute approximate surface area is 106 Å². The van der Waals surface area contributed by atoms with E-state index in [1.54, 1.807) is 0 Å². The van der Waals surface area contributed by atoms with E-state index in [1.807, 2.05) is 7.05 Å². The van der Waals surface area contributed by atoms with Crippen molar-refractivity contribution >= 4 is 0 Å². The first-order chi connectivity index (χ1) is 8.17. The summed E-state index contributed by atoms with van der Waals surface area (Å²) in [6.07, 6.45) is 4.05. The van der Waals surface area contributed by atoms with Crippen LogP contribution < -0.4 is 10.6 Å². The summed E-state index contributed by atoms with van der Waals surface area (Å²) in [4.78, 5) is 2.73. The van der Waals surface area contributed by atoms with E-state index in [-0.39, 0.29) is 0 Å². The average Bonchev–Trinajstić information content (AvgIpc) is 2.71. The third kappa shape index (κ3) is 3.01. The number of hydrogen-bond donors (Lipinski definition) is 2. The molecule has 0 aromatic heterocycles. The van der Waals surface area contributed by atoms with Crippen LogP contribution >= 0.6 is 0 Å². The third-order valence-corrected chi connectivity index (χ3v) is 4.57. The van der Waals surface area contributed by atoms with Crippen molar-refractivity contribution in [2.24, 2.45) is 11.3 Å². The number of likely N-dealkylation sites (tertiary alicyclic amines) is 1. The van der Waals surface area contributed by atoms with Crippen molar-refractivity contribution in [2.45, 2.75) is 39.2 Å². The molecule has 2 heterocycles. The van der Waals surface area contributed by atoms with Gasteiger partial charge in [-0.2, -0.15) is 0 Å². The Balaban J connectivity index is 1.78. The van der Waals surface area contributed by atoms with E-state index in [0.29, 0.717) is 5.41 Å². The average molecular weight is 239 g/mol. The minimum absolute atomic E-state index is 0.649. The molecule has 0 aromatic rings. The van der Waals surface area contributed by atoms with Crippen molar-refractivity contribution in [1.29, 1.82) is 0 Å². The van der Waals surface area contributed by atoms with Crippen LogP contribution in [0.4, 0.5) is 0 Å². The van der Waals surface area contributed by atoms with Crippen LogP contribution in [0.15, 0.2) is 0 Å². The zero-order chi connectivity index (χ0) is 12.3. The van der Waals surface area contributed by atoms with E-state index in [9.17, 15) is 0 Å². The zero-order valence-corrected chi connectivity index (χ0v) is 11.8. The molecule has 0 aromatic carbocycles. The summed E-state index contributed by atoms with van der Waals surface area (Å²) in [5.41, 5.74) is 0.649. The van der Waals surface area contributed by atoms with Crippen molar-refractivity contribution in [3.63, 3.8) is 0 Å². The number of rotatable bonds is 6. The molecule has 0 radical (unpaired) electrons. The highest BCUT2D eigenvalue weighted by Gasteiger charge is 2.47. The monoisotopic (exact) mass is 239 g/mol. The van der Waals surface area contributed by atoms with Gasteiger partial charge in [0.2, 0.25) is 0 Å². The van der Waals surface area contributed by atoms with Gasteiger partial charge in [-0.1, -0.05) is 13.8 Å². The largest absolute Gasteiger partial charge is 0.320 e. The molecule has 2 saturated heterocycles. The fourth-order valence-corrected chi connectivity index (χ4v) is 3.54. The Kier molecular flexibility index (Phi) is 4.45. The van der Waals surface area contributed by atoms with E-state index < -0.39 is 0 Å². The van der Waals surface area contributed by atoms with Gasteiger partial charge in [0.05, 0.1) is 0 Å². The van der Waals surface area contributed by atoms with Crippen molar-refractivity contribution < 1.29 is 0 Å². The molecule has 2 fully saturated rings. The lowest BCUT2D eigenvalue weighted by atomic mass is 9.76. The van der Waals surface area contributed by atoms with Gasteiger partial charge in [-0.25, -0.2) is 0 Å². The fourth-order valence-electron chi connectivity index (χ4n) is 3.54. The van der Waals surface area contributed by atoms with E-state index >= 15 is 0 Å². The van der Waals surface area contributed by atoms with E-state index in [4.69, 9.17) is 0 Å². The van der Waals surface area contributed by atoms with Crippen molar-refractivity contribution in [3.8, 4) is 0 Å². The standard InChI is InChI=1S/C14H29N3/c1-12(2)13(5-4-7-15-3)17-10-14(11-17)6-8-16-9-14/h12-13,15-16H,4-11H2,1-3H3. The molecular weight excluding hydrogens is 210 g/mol. The Hall–Kier alpha value is -0.120. The maximum Gasteiger partial charge on any atom is 0.0119 e. The lowest BCUT2D eigenvalue weighted by molar-refractivity contribution is -0.0348. The first-order valence-electron chi connectivity index (χ1n) is 7.26. The second kappa shape index (κ2) is 5.68. The van der Waals surface area contributed by atoms with Crippen molar-refractivity contribution in [1.82, 2.24) is 15.5 Å². The van der Waals surface area contributed by atoms with Crippen molar-refractivity contribution in [2.75, 3.05) is 39.8 Å². The molecular formula is C14H29N3. The van der Waals surface area contributed by atoms with Gasteiger partial charge in [-0.3, -0.25) is 4.90 Å². The third-order valence-electron chi connectivity index (χ3n) is 4.57. The molecule has 17 heavy (non-hydrogen) atoms. The Morgan fingerprint density at radius 3 is 2.65 bits per heavy atom. The molecule has 2 aliphatic rings. The molecule has 2 N–H and O–H groups in total. The van der Waals surface area contributed by atoms with Gasteiger partial charge in [0.1, 0.15) is 0 Å². The maximum atomic E-state index is 3.52. The number of nitrogens with zero attached hydrogens (tertiary/aromatic N) is 1. The topological polar surface area (TPSA) is 27.3 Å². The highest BCUT2D eigenvalue weighted by molar-refractivity contribution is 5.02. The van der Waals surface area contributed by atoms with E-state index in [1.165, 1.54) is 45.4 Å². The molecule has 0 bridgehead atoms. The summed E-state index contributed by atoms with van der Waals surface area (Å²) in [6.45, 7) is 11.1. The molecule has 2 rings (SSSR count). The van der Waals surface area contributed by atoms with E-state index in [2.05, 4.69) is 29.4 Å². The Morgan fingerprint density at radius 1 is 1.35 bits per heavy atom. The number of nitrogens with one attached hydrogen (secondary N) is 2. The molecule has 3 nitrogen and oxygen atoms in total. The van der Waals surface area contributed by atoms with Crippen LogP contribution in [0.25, 0.3) is 0 Å². The molecule has 0 aliphatic carbocycles. The molecule has 0 amide bonds. The summed E-state index contributed by atoms with van der Waals surface area (Å²) in [5, 5.41) is 6.78. The molecule has 1 atom stereocenters. The lowest BCUT2D eigenvalue weighted by Crippen LogP contribution is -2.61. The van der Waals surface area contributed by atoms with Gasteiger partial charge in [0.25, 0.3) is 0 Å². The van der Waals surface area contributed by atoms with Crippen LogP contribution in [0.5, 0.6) is 0 Å². The van der Waals surface area contributed by atoms with Gasteiger partial charge >= 0.3 is 0 Å². The maximum absolute atomic E-state index is 3.52. The summed E-state index contributed by atoms with van der Waals surface area (Å²) in [6, 6.07) is 0.801. The fraction of sp³-hybridized carbons (Fsp3) is 1.00. The molecule has 2 aliphatic heterocycles. The molecule has 1 unspecified atom stereocenters. The van der Waals surface area contributed by atoms with E-state index in [0.717, 1.165) is 18.5 Å². The van der Waals surface area contributed by atoms with Crippen LogP contribution in [0.1, 0.15) is 33.1 Å². The summed E-state index contributed by atoms with van der Waals surface area (Å²) < 4.78 is 0. The SMILES string of the molecule is CNCCCC(C(C)C)N1CC2(CCNC2)C1. The van der Waals surface area contributed by atoms with Gasteiger partial charge in [-0.15, -0.1) is 0 Å². The summed E-state index contributed by atoms with van der Waals surface area (Å²) in [5.74, 6) is 0.790. The molecule has 100 valence electrons. The predicted octanol–water partition coefficient (Wildman–Crippen LogP) is 1.31. The Morgan fingerprint density at radius 2 is 2.12 bits per heavy atom.